The number of H-pyrrole nitrogens is 1. The lowest BCUT2D eigenvalue weighted by molar-refractivity contribution is -0.122. The number of aromatic nitrogens is 1. The largest absolute Gasteiger partial charge is 0.358 e. The van der Waals surface area contributed by atoms with Crippen LogP contribution in [-0.4, -0.2) is 32.4 Å². The number of amides is 1. The quantitative estimate of drug-likeness (QED) is 0.677. The second-order valence-corrected chi connectivity index (χ2v) is 6.52. The molecule has 8 heteroatoms. The average molecular weight is 301 g/mol. The van der Waals surface area contributed by atoms with Gasteiger partial charge < -0.3 is 10.3 Å². The van der Waals surface area contributed by atoms with Crippen LogP contribution in [0.3, 0.4) is 0 Å². The maximum atomic E-state index is 12.1. The first-order valence-electron chi connectivity index (χ1n) is 6.19. The fourth-order valence-electron chi connectivity index (χ4n) is 1.67. The number of aromatic amines is 1. The molecule has 1 heterocycles. The van der Waals surface area contributed by atoms with E-state index in [4.69, 9.17) is 0 Å². The molecular weight excluding hydrogens is 282 g/mol. The number of hydrogen-bond donors (Lipinski definition) is 3. The molecule has 0 radical (unpaired) electrons. The van der Waals surface area contributed by atoms with Gasteiger partial charge in [-0.25, -0.2) is 8.42 Å². The number of carbonyl (C=O) groups is 1. The molecule has 1 aromatic rings. The Balaban J connectivity index is 2.99. The van der Waals surface area contributed by atoms with Crippen LogP contribution in [0.1, 0.15) is 20.3 Å². The third-order valence-corrected chi connectivity index (χ3v) is 4.10. The first kappa shape index (κ1) is 16.4. The van der Waals surface area contributed by atoms with E-state index in [-0.39, 0.29) is 10.8 Å². The predicted octanol–water partition coefficient (Wildman–Crippen LogP) is -0.186. The van der Waals surface area contributed by atoms with E-state index in [1.165, 1.54) is 13.1 Å². The van der Waals surface area contributed by atoms with E-state index in [0.29, 0.717) is 6.42 Å². The first-order valence-corrected chi connectivity index (χ1v) is 7.67. The molecule has 20 heavy (non-hydrogen) atoms. The Labute approximate surface area is 117 Å². The number of likely N-dealkylation sites (N-methyl/N-ethyl adjacent to an activating group) is 1. The predicted molar refractivity (Wildman–Crippen MR) is 74.7 cm³/mol. The van der Waals surface area contributed by atoms with Crippen LogP contribution in [0.2, 0.25) is 0 Å². The number of rotatable bonds is 6. The van der Waals surface area contributed by atoms with Crippen molar-refractivity contribution in [2.75, 3.05) is 7.05 Å². The highest BCUT2D eigenvalue weighted by Gasteiger charge is 2.25. The van der Waals surface area contributed by atoms with E-state index >= 15 is 0 Å². The summed E-state index contributed by atoms with van der Waals surface area (Å²) in [6.45, 7) is 3.79. The molecule has 1 rings (SSSR count). The van der Waals surface area contributed by atoms with Gasteiger partial charge in [-0.3, -0.25) is 9.59 Å². The highest BCUT2D eigenvalue weighted by molar-refractivity contribution is 7.89. The number of sulfonamides is 1. The van der Waals surface area contributed by atoms with Crippen LogP contribution in [0.4, 0.5) is 0 Å². The van der Waals surface area contributed by atoms with E-state index in [1.807, 2.05) is 13.8 Å². The monoisotopic (exact) mass is 301 g/mol. The Kier molecular flexibility index (Phi) is 5.46. The molecule has 1 aromatic heterocycles. The third-order valence-electron chi connectivity index (χ3n) is 2.63. The van der Waals surface area contributed by atoms with Crippen molar-refractivity contribution in [2.45, 2.75) is 31.2 Å². The summed E-state index contributed by atoms with van der Waals surface area (Å²) in [5, 5.41) is 2.43. The summed E-state index contributed by atoms with van der Waals surface area (Å²) >= 11 is 0. The maximum Gasteiger partial charge on any atom is 0.247 e. The lowest BCUT2D eigenvalue weighted by Gasteiger charge is -2.19. The molecule has 1 atom stereocenters. The molecule has 0 saturated heterocycles. The van der Waals surface area contributed by atoms with Gasteiger partial charge in [-0.05, 0) is 18.4 Å². The molecule has 0 spiro atoms. The highest BCUT2D eigenvalue weighted by atomic mass is 32.2. The summed E-state index contributed by atoms with van der Waals surface area (Å²) in [7, 11) is -2.41. The summed E-state index contributed by atoms with van der Waals surface area (Å²) in [5.74, 6) is -0.248. The standard InChI is InChI=1S/C12H19N3O4S/c1-8(2)6-10(12(17)13-3)15-20(18,19)9-4-5-11(16)14-7-9/h4-5,7-8,10,15H,6H2,1-3H3,(H,13,17)(H,14,16). The second kappa shape index (κ2) is 6.67. The molecule has 0 fully saturated rings. The summed E-state index contributed by atoms with van der Waals surface area (Å²) in [6.07, 6.45) is 1.48. The minimum atomic E-state index is -3.86. The van der Waals surface area contributed by atoms with Crippen LogP contribution in [0.25, 0.3) is 0 Å². The topological polar surface area (TPSA) is 108 Å². The van der Waals surface area contributed by atoms with E-state index in [1.54, 1.807) is 0 Å². The number of carbonyl (C=O) groups excluding carboxylic acids is 1. The van der Waals surface area contributed by atoms with Gasteiger partial charge in [0.05, 0.1) is 4.90 Å². The average Bonchev–Trinajstić information content (AvgIpc) is 2.36. The molecule has 0 bridgehead atoms. The lowest BCUT2D eigenvalue weighted by Crippen LogP contribution is -2.46. The normalized spacial score (nSPS) is 13.2. The van der Waals surface area contributed by atoms with Gasteiger partial charge in [-0.1, -0.05) is 13.8 Å². The van der Waals surface area contributed by atoms with Crippen molar-refractivity contribution in [1.82, 2.24) is 15.0 Å². The second-order valence-electron chi connectivity index (χ2n) is 4.81. The van der Waals surface area contributed by atoms with Crippen molar-refractivity contribution in [3.63, 3.8) is 0 Å². The van der Waals surface area contributed by atoms with Gasteiger partial charge in [0.15, 0.2) is 0 Å². The van der Waals surface area contributed by atoms with E-state index in [2.05, 4.69) is 15.0 Å². The fraction of sp³-hybridized carbons (Fsp3) is 0.500. The SMILES string of the molecule is CNC(=O)C(CC(C)C)NS(=O)(=O)c1ccc(=O)[nH]c1. The van der Waals surface area contributed by atoms with Crippen molar-refractivity contribution in [3.8, 4) is 0 Å². The zero-order valence-corrected chi connectivity index (χ0v) is 12.5. The van der Waals surface area contributed by atoms with E-state index in [9.17, 15) is 18.0 Å². The van der Waals surface area contributed by atoms with E-state index in [0.717, 1.165) is 12.3 Å². The van der Waals surface area contributed by atoms with Gasteiger partial charge in [0.1, 0.15) is 6.04 Å². The summed E-state index contributed by atoms with van der Waals surface area (Å²) < 4.78 is 26.6. The molecule has 0 saturated carbocycles. The van der Waals surface area contributed by atoms with Gasteiger partial charge in [0.25, 0.3) is 0 Å². The maximum absolute atomic E-state index is 12.1. The smallest absolute Gasteiger partial charge is 0.247 e. The Morgan fingerprint density at radius 3 is 2.45 bits per heavy atom. The van der Waals surface area contributed by atoms with Crippen molar-refractivity contribution in [2.24, 2.45) is 5.92 Å². The van der Waals surface area contributed by atoms with Crippen LogP contribution in [0, 0.1) is 5.92 Å². The summed E-state index contributed by atoms with van der Waals surface area (Å²) in [4.78, 5) is 24.9. The first-order chi connectivity index (χ1) is 9.26. The summed E-state index contributed by atoms with van der Waals surface area (Å²) in [5.41, 5.74) is -0.394. The minimum absolute atomic E-state index is 0.0882. The third kappa shape index (κ3) is 4.46. The van der Waals surface area contributed by atoms with Crippen LogP contribution in [0.15, 0.2) is 28.0 Å². The molecule has 0 aliphatic heterocycles. The van der Waals surface area contributed by atoms with Crippen molar-refractivity contribution in [3.05, 3.63) is 28.7 Å². The summed E-state index contributed by atoms with van der Waals surface area (Å²) in [6, 6.07) is 1.46. The molecule has 0 aliphatic carbocycles. The van der Waals surface area contributed by atoms with Gasteiger partial charge in [-0.15, -0.1) is 0 Å². The Bertz CT molecular complexity index is 601. The zero-order chi connectivity index (χ0) is 15.3. The van der Waals surface area contributed by atoms with Gasteiger partial charge in [0.2, 0.25) is 21.5 Å². The highest BCUT2D eigenvalue weighted by Crippen LogP contribution is 2.10. The number of pyridine rings is 1. The Morgan fingerprint density at radius 2 is 2.00 bits per heavy atom. The molecule has 112 valence electrons. The lowest BCUT2D eigenvalue weighted by atomic mass is 10.0. The fourth-order valence-corrected chi connectivity index (χ4v) is 2.85. The Morgan fingerprint density at radius 1 is 1.35 bits per heavy atom. The number of nitrogens with one attached hydrogen (secondary N) is 3. The van der Waals surface area contributed by atoms with Crippen molar-refractivity contribution in [1.29, 1.82) is 0 Å². The van der Waals surface area contributed by atoms with Gasteiger partial charge in [-0.2, -0.15) is 4.72 Å². The molecule has 7 nitrogen and oxygen atoms in total. The minimum Gasteiger partial charge on any atom is -0.358 e. The molecule has 1 amide bonds. The molecular formula is C12H19N3O4S. The zero-order valence-electron chi connectivity index (χ0n) is 11.6. The number of hydrogen-bond acceptors (Lipinski definition) is 4. The van der Waals surface area contributed by atoms with Crippen LogP contribution >= 0.6 is 0 Å². The van der Waals surface area contributed by atoms with E-state index < -0.39 is 27.5 Å². The van der Waals surface area contributed by atoms with Crippen LogP contribution < -0.4 is 15.6 Å². The van der Waals surface area contributed by atoms with Gasteiger partial charge >= 0.3 is 0 Å². The molecule has 0 aromatic carbocycles. The van der Waals surface area contributed by atoms with Crippen LogP contribution in [0.5, 0.6) is 0 Å². The molecule has 3 N–H and O–H groups in total. The molecule has 1 unspecified atom stereocenters. The Hall–Kier alpha value is -1.67. The van der Waals surface area contributed by atoms with Crippen molar-refractivity contribution >= 4 is 15.9 Å². The van der Waals surface area contributed by atoms with Crippen molar-refractivity contribution < 1.29 is 13.2 Å². The van der Waals surface area contributed by atoms with Gasteiger partial charge in [0, 0.05) is 19.3 Å². The van der Waals surface area contributed by atoms with Crippen LogP contribution in [-0.2, 0) is 14.8 Å². The molecule has 0 aliphatic rings.